The van der Waals surface area contributed by atoms with Crippen molar-refractivity contribution in [2.45, 2.75) is 20.8 Å². The van der Waals surface area contributed by atoms with E-state index in [0.717, 1.165) is 31.1 Å². The first-order valence-corrected chi connectivity index (χ1v) is 12.2. The van der Waals surface area contributed by atoms with Crippen molar-refractivity contribution in [1.82, 2.24) is 14.9 Å². The summed E-state index contributed by atoms with van der Waals surface area (Å²) in [6.07, 6.45) is 1.39. The zero-order valence-electron chi connectivity index (χ0n) is 20.0. The highest BCUT2D eigenvalue weighted by Crippen LogP contribution is 2.31. The molecular weight excluding hydrogens is 489 g/mol. The normalized spacial score (nSPS) is 10.8. The quantitative estimate of drug-likeness (QED) is 0.309. The Morgan fingerprint density at radius 1 is 1.00 bits per heavy atom. The van der Waals surface area contributed by atoms with E-state index < -0.39 is 5.91 Å². The highest BCUT2D eigenvalue weighted by Gasteiger charge is 2.18. The Morgan fingerprint density at radius 2 is 1.69 bits per heavy atom. The minimum atomic E-state index is -0.485. The molecule has 0 spiro atoms. The zero-order chi connectivity index (χ0) is 25.2. The minimum Gasteiger partial charge on any atom is -0.492 e. The van der Waals surface area contributed by atoms with Gasteiger partial charge in [0.25, 0.3) is 5.91 Å². The number of hydrogen-bond acceptors (Lipinski definition) is 7. The van der Waals surface area contributed by atoms with Gasteiger partial charge in [-0.3, -0.25) is 4.79 Å². The van der Waals surface area contributed by atoms with E-state index in [1.807, 2.05) is 24.3 Å². The van der Waals surface area contributed by atoms with Crippen LogP contribution in [0.15, 0.2) is 48.7 Å². The van der Waals surface area contributed by atoms with Crippen molar-refractivity contribution in [2.75, 3.05) is 43.5 Å². The number of halogens is 2. The summed E-state index contributed by atoms with van der Waals surface area (Å²) in [6.45, 7) is 9.90. The number of carbonyl (C=O) groups excluding carboxylic acids is 1. The number of rotatable bonds is 12. The van der Waals surface area contributed by atoms with E-state index in [1.54, 1.807) is 25.1 Å². The summed E-state index contributed by atoms with van der Waals surface area (Å²) in [4.78, 5) is 23.8. The van der Waals surface area contributed by atoms with Crippen molar-refractivity contribution in [1.29, 1.82) is 0 Å². The van der Waals surface area contributed by atoms with Crippen LogP contribution in [0.4, 0.5) is 17.3 Å². The van der Waals surface area contributed by atoms with Crippen LogP contribution in [0, 0.1) is 0 Å². The number of anilines is 3. The Morgan fingerprint density at radius 3 is 2.31 bits per heavy atom. The smallest absolute Gasteiger partial charge is 0.262 e. The molecule has 0 aliphatic carbocycles. The first-order valence-electron chi connectivity index (χ1n) is 11.4. The van der Waals surface area contributed by atoms with Crippen LogP contribution in [0.25, 0.3) is 0 Å². The summed E-state index contributed by atoms with van der Waals surface area (Å²) in [7, 11) is 0. The molecule has 0 aliphatic rings. The van der Waals surface area contributed by atoms with E-state index in [1.165, 1.54) is 6.20 Å². The number of aromatic nitrogens is 2. The number of nitrogens with zero attached hydrogens (tertiary/aromatic N) is 3. The van der Waals surface area contributed by atoms with Crippen molar-refractivity contribution in [3.8, 4) is 11.6 Å². The average molecular weight is 518 g/mol. The molecule has 10 heteroatoms. The Balaban J connectivity index is 1.67. The molecule has 0 saturated heterocycles. The monoisotopic (exact) mass is 517 g/mol. The van der Waals surface area contributed by atoms with Gasteiger partial charge in [0.1, 0.15) is 17.9 Å². The molecule has 0 radical (unpaired) electrons. The summed E-state index contributed by atoms with van der Waals surface area (Å²) in [6, 6.07) is 12.5. The van der Waals surface area contributed by atoms with Crippen LogP contribution in [0.1, 0.15) is 31.1 Å². The summed E-state index contributed by atoms with van der Waals surface area (Å²) < 4.78 is 11.4. The van der Waals surface area contributed by atoms with Gasteiger partial charge >= 0.3 is 0 Å². The molecule has 35 heavy (non-hydrogen) atoms. The fourth-order valence-corrected chi connectivity index (χ4v) is 3.71. The van der Waals surface area contributed by atoms with E-state index in [9.17, 15) is 4.79 Å². The minimum absolute atomic E-state index is 0.141. The fraction of sp³-hybridized carbons (Fsp3) is 0.320. The first kappa shape index (κ1) is 26.5. The maximum absolute atomic E-state index is 12.9. The van der Waals surface area contributed by atoms with Crippen LogP contribution in [0.2, 0.25) is 10.0 Å². The zero-order valence-corrected chi connectivity index (χ0v) is 21.5. The molecule has 3 aromatic rings. The van der Waals surface area contributed by atoms with E-state index in [-0.39, 0.29) is 17.4 Å². The van der Waals surface area contributed by atoms with Gasteiger partial charge in [0.15, 0.2) is 0 Å². The van der Waals surface area contributed by atoms with E-state index in [2.05, 4.69) is 39.3 Å². The second kappa shape index (κ2) is 13.1. The molecule has 8 nitrogen and oxygen atoms in total. The lowest BCUT2D eigenvalue weighted by molar-refractivity contribution is 0.102. The van der Waals surface area contributed by atoms with Gasteiger partial charge in [-0.25, -0.2) is 4.98 Å². The van der Waals surface area contributed by atoms with Crippen molar-refractivity contribution >= 4 is 46.4 Å². The number of nitrogens with one attached hydrogen (secondary N) is 2. The number of carbonyl (C=O) groups is 1. The lowest BCUT2D eigenvalue weighted by atomic mass is 10.2. The third-order valence-corrected chi connectivity index (χ3v) is 5.79. The van der Waals surface area contributed by atoms with Crippen molar-refractivity contribution < 1.29 is 14.3 Å². The van der Waals surface area contributed by atoms with Gasteiger partial charge in [-0.2, -0.15) is 4.98 Å². The predicted molar refractivity (Wildman–Crippen MR) is 141 cm³/mol. The second-order valence-electron chi connectivity index (χ2n) is 7.42. The molecule has 0 fully saturated rings. The number of para-hydroxylation sites is 1. The third kappa shape index (κ3) is 7.45. The largest absolute Gasteiger partial charge is 0.492 e. The Kier molecular flexibility index (Phi) is 9.96. The van der Waals surface area contributed by atoms with Gasteiger partial charge in [0.05, 0.1) is 22.3 Å². The molecule has 2 N–H and O–H groups in total. The summed E-state index contributed by atoms with van der Waals surface area (Å²) in [5.41, 5.74) is 1.24. The Bertz CT molecular complexity index is 1100. The fourth-order valence-electron chi connectivity index (χ4n) is 3.22. The molecular formula is C25H29Cl2N5O3. The lowest BCUT2D eigenvalue weighted by Gasteiger charge is -2.18. The molecule has 1 heterocycles. The van der Waals surface area contributed by atoms with E-state index in [0.29, 0.717) is 28.9 Å². The first-order chi connectivity index (χ1) is 16.9. The summed E-state index contributed by atoms with van der Waals surface area (Å²) in [5, 5.41) is 6.46. The molecule has 1 amide bonds. The number of ether oxygens (including phenoxy) is 2. The van der Waals surface area contributed by atoms with Crippen LogP contribution >= 0.6 is 23.2 Å². The number of likely N-dealkylation sites (N-methyl/N-ethyl adjacent to an activating group) is 1. The standard InChI is InChI=1S/C25H29Cl2N5O3/c1-4-32(5-2)14-15-35-18-12-10-17(11-13-18)29-25-28-16-19(24(31-25)34-6-3)23(33)30-22-20(26)8-7-9-21(22)27/h7-13,16H,4-6,14-15H2,1-3H3,(H,30,33)(H,28,29,31). The van der Waals surface area contributed by atoms with Gasteiger partial charge in [0, 0.05) is 18.4 Å². The topological polar surface area (TPSA) is 88.6 Å². The van der Waals surface area contributed by atoms with Crippen LogP contribution in [-0.2, 0) is 0 Å². The van der Waals surface area contributed by atoms with Gasteiger partial charge in [-0.05, 0) is 56.4 Å². The second-order valence-corrected chi connectivity index (χ2v) is 8.24. The molecule has 0 bridgehead atoms. The Hall–Kier alpha value is -3.07. The summed E-state index contributed by atoms with van der Waals surface area (Å²) in [5.74, 6) is 0.725. The molecule has 0 aliphatic heterocycles. The maximum atomic E-state index is 12.9. The number of amides is 1. The number of hydrogen-bond donors (Lipinski definition) is 2. The van der Waals surface area contributed by atoms with Gasteiger partial charge in [-0.1, -0.05) is 43.1 Å². The van der Waals surface area contributed by atoms with Crippen molar-refractivity contribution in [3.05, 3.63) is 64.3 Å². The SMILES string of the molecule is CCOc1nc(Nc2ccc(OCCN(CC)CC)cc2)ncc1C(=O)Nc1c(Cl)cccc1Cl. The van der Waals surface area contributed by atoms with E-state index in [4.69, 9.17) is 32.7 Å². The molecule has 0 saturated carbocycles. The van der Waals surface area contributed by atoms with Crippen molar-refractivity contribution in [2.24, 2.45) is 0 Å². The van der Waals surface area contributed by atoms with Crippen LogP contribution in [0.5, 0.6) is 11.6 Å². The molecule has 186 valence electrons. The lowest BCUT2D eigenvalue weighted by Crippen LogP contribution is -2.27. The maximum Gasteiger partial charge on any atom is 0.262 e. The van der Waals surface area contributed by atoms with Crippen LogP contribution in [-0.4, -0.2) is 53.6 Å². The molecule has 1 aromatic heterocycles. The molecule has 0 unspecified atom stereocenters. The van der Waals surface area contributed by atoms with Gasteiger partial charge < -0.3 is 25.0 Å². The highest BCUT2D eigenvalue weighted by molar-refractivity contribution is 6.40. The van der Waals surface area contributed by atoms with Crippen LogP contribution < -0.4 is 20.1 Å². The van der Waals surface area contributed by atoms with Crippen molar-refractivity contribution in [3.63, 3.8) is 0 Å². The van der Waals surface area contributed by atoms with Gasteiger partial charge in [-0.15, -0.1) is 0 Å². The molecule has 0 atom stereocenters. The molecule has 2 aromatic carbocycles. The average Bonchev–Trinajstić information content (AvgIpc) is 2.85. The van der Waals surface area contributed by atoms with E-state index >= 15 is 0 Å². The Labute approximate surface area is 215 Å². The van der Waals surface area contributed by atoms with Crippen LogP contribution in [0.3, 0.4) is 0 Å². The number of benzene rings is 2. The third-order valence-electron chi connectivity index (χ3n) is 5.16. The summed E-state index contributed by atoms with van der Waals surface area (Å²) >= 11 is 12.3. The highest BCUT2D eigenvalue weighted by atomic mass is 35.5. The molecule has 3 rings (SSSR count). The van der Waals surface area contributed by atoms with Gasteiger partial charge in [0.2, 0.25) is 11.8 Å². The predicted octanol–water partition coefficient (Wildman–Crippen LogP) is 5.90.